The van der Waals surface area contributed by atoms with Gasteiger partial charge in [0.2, 0.25) is 5.78 Å². The van der Waals surface area contributed by atoms with Gasteiger partial charge in [-0.1, -0.05) is 23.7 Å². The first-order valence-electron chi connectivity index (χ1n) is 9.35. The van der Waals surface area contributed by atoms with E-state index in [0.717, 1.165) is 11.3 Å². The molecule has 1 atom stereocenters. The normalized spacial score (nSPS) is 16.3. The maximum Gasteiger partial charge on any atom is 0.290 e. The van der Waals surface area contributed by atoms with Gasteiger partial charge in [-0.3, -0.25) is 14.6 Å². The Balaban J connectivity index is 1.88. The average Bonchev–Trinajstić information content (AvgIpc) is 3.19. The molecule has 1 amide bonds. The van der Waals surface area contributed by atoms with Gasteiger partial charge in [0.1, 0.15) is 5.82 Å². The number of carbonyl (C=O) groups is 2. The summed E-state index contributed by atoms with van der Waals surface area (Å²) < 4.78 is 14.9. The van der Waals surface area contributed by atoms with E-state index in [-0.39, 0.29) is 27.6 Å². The maximum absolute atomic E-state index is 14.9. The van der Waals surface area contributed by atoms with Crippen LogP contribution in [-0.2, 0) is 11.3 Å². The summed E-state index contributed by atoms with van der Waals surface area (Å²) in [5, 5.41) is 11.4. The largest absolute Gasteiger partial charge is 0.503 e. The minimum Gasteiger partial charge on any atom is -0.503 e. The minimum atomic E-state index is -1.20. The Hall–Kier alpha value is -3.10. The molecule has 1 unspecified atom stereocenters. The smallest absolute Gasteiger partial charge is 0.290 e. The molecule has 158 valence electrons. The van der Waals surface area contributed by atoms with E-state index < -0.39 is 29.3 Å². The van der Waals surface area contributed by atoms with Crippen LogP contribution in [-0.4, -0.2) is 31.7 Å². The van der Waals surface area contributed by atoms with Crippen LogP contribution in [0.5, 0.6) is 0 Å². The second-order valence-electron chi connectivity index (χ2n) is 7.07. The van der Waals surface area contributed by atoms with Crippen molar-refractivity contribution >= 4 is 34.6 Å². The lowest BCUT2D eigenvalue weighted by Crippen LogP contribution is -2.31. The topological polar surface area (TPSA) is 83.4 Å². The van der Waals surface area contributed by atoms with Crippen molar-refractivity contribution in [1.29, 1.82) is 0 Å². The highest BCUT2D eigenvalue weighted by Crippen LogP contribution is 2.44. The van der Waals surface area contributed by atoms with Crippen molar-refractivity contribution in [3.05, 3.63) is 91.6 Å². The molecular formula is C22H17ClFN3O3S. The summed E-state index contributed by atoms with van der Waals surface area (Å²) in [6, 6.07) is 6.36. The maximum atomic E-state index is 14.9. The van der Waals surface area contributed by atoms with Gasteiger partial charge in [-0.05, 0) is 37.6 Å². The molecule has 1 aromatic carbocycles. The molecule has 3 aromatic rings. The molecule has 2 aromatic heterocycles. The summed E-state index contributed by atoms with van der Waals surface area (Å²) in [5.74, 6) is -2.76. The van der Waals surface area contributed by atoms with Crippen LogP contribution in [0.15, 0.2) is 54.1 Å². The van der Waals surface area contributed by atoms with Crippen LogP contribution in [0.2, 0.25) is 5.02 Å². The molecule has 6 nitrogen and oxygen atoms in total. The van der Waals surface area contributed by atoms with Gasteiger partial charge in [0, 0.05) is 29.5 Å². The number of ketones is 1. The van der Waals surface area contributed by atoms with E-state index in [1.165, 1.54) is 23.1 Å². The van der Waals surface area contributed by atoms with Crippen LogP contribution in [0, 0.1) is 19.7 Å². The van der Waals surface area contributed by atoms with Gasteiger partial charge >= 0.3 is 0 Å². The van der Waals surface area contributed by atoms with Crippen molar-refractivity contribution < 1.29 is 19.1 Å². The summed E-state index contributed by atoms with van der Waals surface area (Å²) in [4.78, 5) is 36.3. The number of aliphatic hydroxyl groups is 1. The summed E-state index contributed by atoms with van der Waals surface area (Å²) in [5.41, 5.74) is 0.865. The number of hydrogen-bond acceptors (Lipinski definition) is 6. The number of pyridine rings is 1. The SMILES string of the molecule is Cc1nc(C)c(C(=O)C2=C(O)C(=O)N(Cc3cccnc3)C2c2c(F)cccc2Cl)s1. The molecule has 0 aliphatic carbocycles. The first-order chi connectivity index (χ1) is 14.8. The molecule has 1 aliphatic heterocycles. The zero-order valence-corrected chi connectivity index (χ0v) is 18.2. The van der Waals surface area contributed by atoms with Crippen LogP contribution in [0.3, 0.4) is 0 Å². The summed E-state index contributed by atoms with van der Waals surface area (Å²) in [6.07, 6.45) is 3.14. The van der Waals surface area contributed by atoms with Crippen molar-refractivity contribution in [3.8, 4) is 0 Å². The summed E-state index contributed by atoms with van der Waals surface area (Å²) in [6.45, 7) is 3.43. The van der Waals surface area contributed by atoms with Gasteiger partial charge in [-0.2, -0.15) is 0 Å². The number of rotatable bonds is 5. The molecule has 31 heavy (non-hydrogen) atoms. The molecule has 0 bridgehead atoms. The van der Waals surface area contributed by atoms with Crippen molar-refractivity contribution in [3.63, 3.8) is 0 Å². The van der Waals surface area contributed by atoms with Crippen molar-refractivity contribution in [2.75, 3.05) is 0 Å². The van der Waals surface area contributed by atoms with Gasteiger partial charge in [0.25, 0.3) is 5.91 Å². The van der Waals surface area contributed by atoms with Crippen LogP contribution in [0.4, 0.5) is 4.39 Å². The molecule has 1 aliphatic rings. The quantitative estimate of drug-likeness (QED) is 0.560. The second kappa shape index (κ2) is 8.20. The third-order valence-corrected chi connectivity index (χ3v) is 6.41. The minimum absolute atomic E-state index is 0.00352. The number of aryl methyl sites for hydroxylation is 2. The molecule has 3 heterocycles. The van der Waals surface area contributed by atoms with Gasteiger partial charge in [0.05, 0.1) is 27.2 Å². The summed E-state index contributed by atoms with van der Waals surface area (Å²) in [7, 11) is 0. The van der Waals surface area contributed by atoms with Crippen LogP contribution >= 0.6 is 22.9 Å². The van der Waals surface area contributed by atoms with Gasteiger partial charge < -0.3 is 10.0 Å². The van der Waals surface area contributed by atoms with Gasteiger partial charge in [0.15, 0.2) is 5.76 Å². The number of halogens is 2. The lowest BCUT2D eigenvalue weighted by molar-refractivity contribution is -0.130. The predicted octanol–water partition coefficient (Wildman–Crippen LogP) is 4.73. The Morgan fingerprint density at radius 1 is 1.29 bits per heavy atom. The number of hydrogen-bond donors (Lipinski definition) is 1. The lowest BCUT2D eigenvalue weighted by atomic mass is 9.94. The van der Waals surface area contributed by atoms with E-state index in [4.69, 9.17) is 11.6 Å². The number of amides is 1. The number of benzene rings is 1. The highest BCUT2D eigenvalue weighted by atomic mass is 35.5. The number of aliphatic hydroxyl groups excluding tert-OH is 1. The summed E-state index contributed by atoms with van der Waals surface area (Å²) >= 11 is 7.46. The molecule has 1 N–H and O–H groups in total. The fourth-order valence-electron chi connectivity index (χ4n) is 3.67. The molecule has 0 fully saturated rings. The Kier molecular flexibility index (Phi) is 5.60. The van der Waals surface area contributed by atoms with Gasteiger partial charge in [-0.25, -0.2) is 9.37 Å². The average molecular weight is 458 g/mol. The van der Waals surface area contributed by atoms with Crippen LogP contribution in [0.25, 0.3) is 0 Å². The molecule has 0 radical (unpaired) electrons. The molecular weight excluding hydrogens is 441 g/mol. The van der Waals surface area contributed by atoms with E-state index in [9.17, 15) is 19.1 Å². The second-order valence-corrected chi connectivity index (χ2v) is 8.68. The number of thiazole rings is 1. The van der Waals surface area contributed by atoms with Gasteiger partial charge in [-0.15, -0.1) is 11.3 Å². The monoisotopic (exact) mass is 457 g/mol. The lowest BCUT2D eigenvalue weighted by Gasteiger charge is -2.27. The fourth-order valence-corrected chi connectivity index (χ4v) is 4.81. The Morgan fingerprint density at radius 2 is 2.06 bits per heavy atom. The Labute approximate surface area is 186 Å². The number of Topliss-reactive ketones (excluding diaryl/α,β-unsaturated/α-hetero) is 1. The van der Waals surface area contributed by atoms with Crippen LogP contribution in [0.1, 0.15) is 37.5 Å². The zero-order chi connectivity index (χ0) is 22.3. The van der Waals surface area contributed by atoms with E-state index in [0.29, 0.717) is 16.3 Å². The van der Waals surface area contributed by atoms with E-state index >= 15 is 0 Å². The first kappa shape index (κ1) is 21.1. The molecule has 0 saturated carbocycles. The van der Waals surface area contributed by atoms with Crippen LogP contribution < -0.4 is 0 Å². The highest BCUT2D eigenvalue weighted by molar-refractivity contribution is 7.14. The third-order valence-electron chi connectivity index (χ3n) is 5.01. The van der Waals surface area contributed by atoms with Crippen molar-refractivity contribution in [2.45, 2.75) is 26.4 Å². The number of nitrogens with zero attached hydrogens (tertiary/aromatic N) is 3. The molecule has 4 rings (SSSR count). The zero-order valence-electron chi connectivity index (χ0n) is 16.6. The standard InChI is InChI=1S/C22H17ClFN3O3S/c1-11-21(31-12(2)26-11)19(28)17-18(16-14(23)6-3-7-15(16)24)27(22(30)20(17)29)10-13-5-4-8-25-9-13/h3-9,18,29H,10H2,1-2H3. The fraction of sp³-hybridized carbons (Fsp3) is 0.182. The third kappa shape index (κ3) is 3.73. The Bertz CT molecular complexity index is 1210. The molecule has 0 saturated heterocycles. The number of carbonyl (C=O) groups excluding carboxylic acids is 2. The highest BCUT2D eigenvalue weighted by Gasteiger charge is 2.46. The molecule has 9 heteroatoms. The first-order valence-corrected chi connectivity index (χ1v) is 10.5. The number of aromatic nitrogens is 2. The van der Waals surface area contributed by atoms with E-state index in [2.05, 4.69) is 9.97 Å². The van der Waals surface area contributed by atoms with E-state index in [1.807, 2.05) is 0 Å². The van der Waals surface area contributed by atoms with E-state index in [1.54, 1.807) is 38.4 Å². The Morgan fingerprint density at radius 3 is 2.68 bits per heavy atom. The van der Waals surface area contributed by atoms with Crippen molar-refractivity contribution in [1.82, 2.24) is 14.9 Å². The van der Waals surface area contributed by atoms with Crippen molar-refractivity contribution in [2.24, 2.45) is 0 Å². The molecule has 0 spiro atoms. The predicted molar refractivity (Wildman–Crippen MR) is 115 cm³/mol.